The number of hydrazine groups is 1. The minimum Gasteiger partial charge on any atom is -0.484 e. The second-order valence-corrected chi connectivity index (χ2v) is 7.33. The van der Waals surface area contributed by atoms with Crippen molar-refractivity contribution in [3.05, 3.63) is 60.4 Å². The van der Waals surface area contributed by atoms with Crippen LogP contribution < -0.4 is 15.6 Å². The molecule has 0 atom stereocenters. The zero-order valence-electron chi connectivity index (χ0n) is 13.6. The minimum atomic E-state index is -3.57. The Bertz CT molecular complexity index is 854. The van der Waals surface area contributed by atoms with Crippen molar-refractivity contribution in [3.63, 3.8) is 0 Å². The fraction of sp³-hybridized carbons (Fsp3) is 0.176. The molecule has 0 aliphatic carbocycles. The zero-order valence-corrected chi connectivity index (χ0v) is 14.5. The number of hydrogen-bond donors (Lipinski definition) is 2. The fourth-order valence-electron chi connectivity index (χ4n) is 1.89. The van der Waals surface area contributed by atoms with Crippen molar-refractivity contribution in [2.24, 2.45) is 0 Å². The van der Waals surface area contributed by atoms with Gasteiger partial charge in [-0.1, -0.05) is 18.2 Å². The molecule has 9 heteroatoms. The van der Waals surface area contributed by atoms with Crippen LogP contribution in [0.15, 0.2) is 59.5 Å². The SMILES string of the molecule is O=C(CCS(=O)(=O)c1ccccc1)NNC(=O)COc1ccc(F)cc1. The van der Waals surface area contributed by atoms with Crippen LogP contribution in [0.25, 0.3) is 0 Å². The van der Waals surface area contributed by atoms with Crippen molar-refractivity contribution in [1.82, 2.24) is 10.9 Å². The number of benzene rings is 2. The Morgan fingerprint density at radius 1 is 0.923 bits per heavy atom. The third-order valence-electron chi connectivity index (χ3n) is 3.23. The predicted molar refractivity (Wildman–Crippen MR) is 91.3 cm³/mol. The van der Waals surface area contributed by atoms with Crippen LogP contribution >= 0.6 is 0 Å². The van der Waals surface area contributed by atoms with E-state index in [2.05, 4.69) is 10.9 Å². The van der Waals surface area contributed by atoms with Gasteiger partial charge in [0.15, 0.2) is 16.4 Å². The van der Waals surface area contributed by atoms with Gasteiger partial charge in [0.05, 0.1) is 10.6 Å². The number of amides is 2. The highest BCUT2D eigenvalue weighted by molar-refractivity contribution is 7.91. The smallest absolute Gasteiger partial charge is 0.276 e. The third-order valence-corrected chi connectivity index (χ3v) is 4.96. The van der Waals surface area contributed by atoms with Gasteiger partial charge in [-0.15, -0.1) is 0 Å². The van der Waals surface area contributed by atoms with Crippen LogP contribution in [0.1, 0.15) is 6.42 Å². The average molecular weight is 380 g/mol. The lowest BCUT2D eigenvalue weighted by Gasteiger charge is -2.09. The van der Waals surface area contributed by atoms with E-state index in [0.29, 0.717) is 5.75 Å². The van der Waals surface area contributed by atoms with Gasteiger partial charge in [0.25, 0.3) is 5.91 Å². The molecule has 0 radical (unpaired) electrons. The van der Waals surface area contributed by atoms with Crippen molar-refractivity contribution in [1.29, 1.82) is 0 Å². The first kappa shape index (κ1) is 19.4. The van der Waals surface area contributed by atoms with Crippen LogP contribution in [0.4, 0.5) is 4.39 Å². The van der Waals surface area contributed by atoms with E-state index in [1.165, 1.54) is 36.4 Å². The van der Waals surface area contributed by atoms with Crippen molar-refractivity contribution < 1.29 is 27.1 Å². The van der Waals surface area contributed by atoms with Gasteiger partial charge in [0, 0.05) is 6.42 Å². The maximum Gasteiger partial charge on any atom is 0.276 e. The summed E-state index contributed by atoms with van der Waals surface area (Å²) in [7, 11) is -3.57. The van der Waals surface area contributed by atoms with E-state index < -0.39 is 34.1 Å². The molecule has 0 aromatic heterocycles. The highest BCUT2D eigenvalue weighted by Crippen LogP contribution is 2.11. The van der Waals surface area contributed by atoms with Crippen LogP contribution in [-0.2, 0) is 19.4 Å². The Morgan fingerprint density at radius 2 is 1.54 bits per heavy atom. The summed E-state index contributed by atoms with van der Waals surface area (Å²) in [5.41, 5.74) is 4.22. The van der Waals surface area contributed by atoms with Crippen LogP contribution in [0.3, 0.4) is 0 Å². The number of carbonyl (C=O) groups excluding carboxylic acids is 2. The third kappa shape index (κ3) is 6.17. The van der Waals surface area contributed by atoms with Gasteiger partial charge in [-0.25, -0.2) is 12.8 Å². The van der Waals surface area contributed by atoms with E-state index in [1.807, 2.05) is 0 Å². The molecule has 2 amide bonds. The van der Waals surface area contributed by atoms with E-state index in [9.17, 15) is 22.4 Å². The summed E-state index contributed by atoms with van der Waals surface area (Å²) in [4.78, 5) is 23.4. The molecule has 26 heavy (non-hydrogen) atoms. The molecule has 0 aliphatic rings. The Kier molecular flexibility index (Phi) is 6.67. The predicted octanol–water partition coefficient (Wildman–Crippen LogP) is 1.22. The van der Waals surface area contributed by atoms with E-state index in [4.69, 9.17) is 4.74 Å². The van der Waals surface area contributed by atoms with Crippen LogP contribution in [0, 0.1) is 5.82 Å². The van der Waals surface area contributed by atoms with Crippen molar-refractivity contribution >= 4 is 21.7 Å². The van der Waals surface area contributed by atoms with Gasteiger partial charge in [0.1, 0.15) is 11.6 Å². The summed E-state index contributed by atoms with van der Waals surface area (Å²) in [6, 6.07) is 12.8. The Morgan fingerprint density at radius 3 is 2.19 bits per heavy atom. The molecule has 2 rings (SSSR count). The second-order valence-electron chi connectivity index (χ2n) is 5.22. The molecular formula is C17H17FN2O5S. The first-order chi connectivity index (χ1) is 12.4. The maximum atomic E-state index is 12.7. The monoisotopic (exact) mass is 380 g/mol. The molecule has 0 spiro atoms. The molecule has 0 fully saturated rings. The maximum absolute atomic E-state index is 12.7. The molecule has 0 unspecified atom stereocenters. The summed E-state index contributed by atoms with van der Waals surface area (Å²) < 4.78 is 41.9. The molecule has 2 N–H and O–H groups in total. The molecule has 7 nitrogen and oxygen atoms in total. The van der Waals surface area contributed by atoms with E-state index in [0.717, 1.165) is 0 Å². The Hall–Kier alpha value is -2.94. The summed E-state index contributed by atoms with van der Waals surface area (Å²) in [5, 5.41) is 0. The van der Waals surface area contributed by atoms with Gasteiger partial charge in [-0.2, -0.15) is 0 Å². The van der Waals surface area contributed by atoms with Crippen molar-refractivity contribution in [3.8, 4) is 5.75 Å². The number of ether oxygens (including phenoxy) is 1. The minimum absolute atomic E-state index is 0.129. The summed E-state index contributed by atoms with van der Waals surface area (Å²) in [6.07, 6.45) is -0.309. The van der Waals surface area contributed by atoms with E-state index in [-0.39, 0.29) is 17.1 Å². The quantitative estimate of drug-likeness (QED) is 0.703. The fourth-order valence-corrected chi connectivity index (χ4v) is 3.15. The molecule has 0 saturated carbocycles. The Balaban J connectivity index is 1.71. The lowest BCUT2D eigenvalue weighted by molar-refractivity contribution is -0.129. The highest BCUT2D eigenvalue weighted by atomic mass is 32.2. The van der Waals surface area contributed by atoms with Gasteiger partial charge in [-0.3, -0.25) is 20.4 Å². The molecule has 2 aromatic carbocycles. The molecule has 0 saturated heterocycles. The number of sulfone groups is 1. The van der Waals surface area contributed by atoms with Gasteiger partial charge >= 0.3 is 0 Å². The summed E-state index contributed by atoms with van der Waals surface area (Å²) in [6.45, 7) is -0.395. The number of carbonyl (C=O) groups is 2. The summed E-state index contributed by atoms with van der Waals surface area (Å²) >= 11 is 0. The lowest BCUT2D eigenvalue weighted by atomic mass is 10.3. The molecule has 138 valence electrons. The average Bonchev–Trinajstić information content (AvgIpc) is 2.65. The van der Waals surface area contributed by atoms with E-state index >= 15 is 0 Å². The Labute approximate surface area is 150 Å². The van der Waals surface area contributed by atoms with Crippen molar-refractivity contribution in [2.45, 2.75) is 11.3 Å². The first-order valence-electron chi connectivity index (χ1n) is 7.61. The van der Waals surface area contributed by atoms with Gasteiger partial charge in [0.2, 0.25) is 5.91 Å². The number of nitrogens with one attached hydrogen (secondary N) is 2. The van der Waals surface area contributed by atoms with E-state index in [1.54, 1.807) is 18.2 Å². The first-order valence-corrected chi connectivity index (χ1v) is 9.26. The summed E-state index contributed by atoms with van der Waals surface area (Å²) in [5.74, 6) is -1.82. The lowest BCUT2D eigenvalue weighted by Crippen LogP contribution is -2.44. The number of halogens is 1. The number of rotatable bonds is 7. The second kappa shape index (κ2) is 8.95. The largest absolute Gasteiger partial charge is 0.484 e. The van der Waals surface area contributed by atoms with Gasteiger partial charge < -0.3 is 4.74 Å². The number of hydrogen-bond acceptors (Lipinski definition) is 5. The van der Waals surface area contributed by atoms with Crippen LogP contribution in [0.2, 0.25) is 0 Å². The molecule has 0 bridgehead atoms. The standard InChI is InChI=1S/C17H17FN2O5S/c18-13-6-8-14(9-7-13)25-12-17(22)20-19-16(21)10-11-26(23,24)15-4-2-1-3-5-15/h1-9H,10-12H2,(H,19,21)(H,20,22). The molecule has 2 aromatic rings. The van der Waals surface area contributed by atoms with Crippen molar-refractivity contribution in [2.75, 3.05) is 12.4 Å². The highest BCUT2D eigenvalue weighted by Gasteiger charge is 2.16. The van der Waals surface area contributed by atoms with Crippen LogP contribution in [0.5, 0.6) is 5.75 Å². The molecule has 0 aliphatic heterocycles. The molecule has 0 heterocycles. The molecular weight excluding hydrogens is 363 g/mol. The van der Waals surface area contributed by atoms with Crippen LogP contribution in [-0.4, -0.2) is 32.6 Å². The normalized spacial score (nSPS) is 10.8. The van der Waals surface area contributed by atoms with Gasteiger partial charge in [-0.05, 0) is 36.4 Å². The topological polar surface area (TPSA) is 102 Å². The zero-order chi connectivity index (χ0) is 19.0.